The van der Waals surface area contributed by atoms with E-state index in [0.29, 0.717) is 5.56 Å². The number of carbonyl (C=O) groups excluding carboxylic acids is 1. The zero-order valence-corrected chi connectivity index (χ0v) is 14.8. The number of hydrogen-bond acceptors (Lipinski definition) is 4. The van der Waals surface area contributed by atoms with Crippen molar-refractivity contribution in [1.82, 2.24) is 10.2 Å². The average Bonchev–Trinajstić information content (AvgIpc) is 2.72. The maximum atomic E-state index is 13.0. The average molecular weight is 378 g/mol. The lowest BCUT2D eigenvalue weighted by Crippen LogP contribution is -2.65. The van der Waals surface area contributed by atoms with Crippen LogP contribution in [0.3, 0.4) is 0 Å². The molecule has 3 aromatic carbocycles. The van der Waals surface area contributed by atoms with Crippen molar-refractivity contribution in [3.05, 3.63) is 60.2 Å². The fraction of sp³-hybridized carbons (Fsp3) is 0.190. The van der Waals surface area contributed by atoms with E-state index in [1.807, 2.05) is 42.5 Å². The van der Waals surface area contributed by atoms with Crippen LogP contribution < -0.4 is 5.32 Å². The van der Waals surface area contributed by atoms with E-state index in [2.05, 4.69) is 5.32 Å². The van der Waals surface area contributed by atoms with E-state index in [4.69, 9.17) is 0 Å². The van der Waals surface area contributed by atoms with Crippen molar-refractivity contribution >= 4 is 39.4 Å². The molecule has 0 unspecified atom stereocenters. The van der Waals surface area contributed by atoms with Gasteiger partial charge in [-0.2, -0.15) is 0 Å². The summed E-state index contributed by atoms with van der Waals surface area (Å²) in [6.45, 7) is 0.333. The highest BCUT2D eigenvalue weighted by Gasteiger charge is 2.43. The standard InChI is InChI=1S/C21H18N2O5/c24-19(23-10-9-22-17(20(25)26)18(23)21(27)28)14-7-8-16-13(11-14)6-5-12-3-1-2-4-15(12)16/h1-8,11,17-18,22H,9-10H2,(H,25,26)(H,27,28)/t17-,18-/m1/s1. The van der Waals surface area contributed by atoms with Gasteiger partial charge in [0.15, 0.2) is 6.04 Å². The van der Waals surface area contributed by atoms with Crippen molar-refractivity contribution in [3.8, 4) is 0 Å². The molecule has 0 spiro atoms. The Labute approximate surface area is 160 Å². The number of nitrogens with zero attached hydrogens (tertiary/aromatic N) is 1. The third-order valence-electron chi connectivity index (χ3n) is 5.14. The minimum atomic E-state index is -1.47. The van der Waals surface area contributed by atoms with E-state index in [1.54, 1.807) is 12.1 Å². The Morgan fingerprint density at radius 2 is 1.61 bits per heavy atom. The van der Waals surface area contributed by atoms with Crippen LogP contribution in [0.2, 0.25) is 0 Å². The summed E-state index contributed by atoms with van der Waals surface area (Å²) in [6, 6.07) is 14.2. The largest absolute Gasteiger partial charge is 0.480 e. The summed E-state index contributed by atoms with van der Waals surface area (Å²) in [6.07, 6.45) is 0. The predicted octanol–water partition coefficient (Wildman–Crippen LogP) is 1.94. The van der Waals surface area contributed by atoms with Gasteiger partial charge in [-0.15, -0.1) is 0 Å². The number of benzene rings is 3. The molecule has 1 saturated heterocycles. The quantitative estimate of drug-likeness (QED) is 0.602. The first-order chi connectivity index (χ1) is 13.5. The molecule has 2 atom stereocenters. The van der Waals surface area contributed by atoms with Gasteiger partial charge >= 0.3 is 11.9 Å². The molecule has 4 rings (SSSR count). The number of carbonyl (C=O) groups is 3. The molecular weight excluding hydrogens is 360 g/mol. The highest BCUT2D eigenvalue weighted by molar-refractivity contribution is 6.10. The normalized spacial score (nSPS) is 19.6. The number of amides is 1. The predicted molar refractivity (Wildman–Crippen MR) is 103 cm³/mol. The summed E-state index contributed by atoms with van der Waals surface area (Å²) in [5.74, 6) is -3.13. The van der Waals surface area contributed by atoms with E-state index in [9.17, 15) is 24.6 Å². The summed E-state index contributed by atoms with van der Waals surface area (Å²) in [4.78, 5) is 37.2. The van der Waals surface area contributed by atoms with Crippen LogP contribution in [-0.2, 0) is 9.59 Å². The van der Waals surface area contributed by atoms with E-state index >= 15 is 0 Å². The molecule has 1 aliphatic rings. The van der Waals surface area contributed by atoms with Gasteiger partial charge < -0.3 is 20.4 Å². The summed E-state index contributed by atoms with van der Waals surface area (Å²) in [7, 11) is 0. The SMILES string of the molecule is O=C(O)[C@@H]1NCCN(C(=O)c2ccc3c(ccc4ccccc43)c2)[C@H]1C(=O)O. The molecule has 0 aromatic heterocycles. The molecule has 0 radical (unpaired) electrons. The zero-order valence-electron chi connectivity index (χ0n) is 14.8. The molecular formula is C21H18N2O5. The first-order valence-electron chi connectivity index (χ1n) is 8.89. The van der Waals surface area contributed by atoms with Crippen molar-refractivity contribution in [1.29, 1.82) is 0 Å². The molecule has 0 saturated carbocycles. The third-order valence-corrected chi connectivity index (χ3v) is 5.14. The number of fused-ring (bicyclic) bond motifs is 3. The number of rotatable bonds is 3. The van der Waals surface area contributed by atoms with Crippen LogP contribution in [0.15, 0.2) is 54.6 Å². The van der Waals surface area contributed by atoms with E-state index in [-0.39, 0.29) is 13.1 Å². The second kappa shape index (κ2) is 6.94. The molecule has 1 aliphatic heterocycles. The van der Waals surface area contributed by atoms with Crippen LogP contribution in [0.25, 0.3) is 21.5 Å². The molecule has 3 aromatic rings. The molecule has 7 nitrogen and oxygen atoms in total. The molecule has 1 heterocycles. The van der Waals surface area contributed by atoms with Crippen molar-refractivity contribution in [3.63, 3.8) is 0 Å². The van der Waals surface area contributed by atoms with E-state index < -0.39 is 29.9 Å². The van der Waals surface area contributed by atoms with Crippen LogP contribution in [0, 0.1) is 0 Å². The number of carboxylic acids is 2. The maximum Gasteiger partial charge on any atom is 0.328 e. The van der Waals surface area contributed by atoms with Crippen LogP contribution in [-0.4, -0.2) is 58.1 Å². The minimum absolute atomic E-state index is 0.120. The lowest BCUT2D eigenvalue weighted by molar-refractivity contribution is -0.152. The molecule has 1 fully saturated rings. The van der Waals surface area contributed by atoms with Gasteiger partial charge in [-0.25, -0.2) is 4.79 Å². The monoisotopic (exact) mass is 378 g/mol. The molecule has 142 valence electrons. The summed E-state index contributed by atoms with van der Waals surface area (Å²) in [5, 5.41) is 25.5. The maximum absolute atomic E-state index is 13.0. The number of nitrogens with one attached hydrogen (secondary N) is 1. The fourth-order valence-corrected chi connectivity index (χ4v) is 3.81. The Hall–Kier alpha value is -3.45. The van der Waals surface area contributed by atoms with Crippen LogP contribution in [0.4, 0.5) is 0 Å². The van der Waals surface area contributed by atoms with Gasteiger partial charge in [0.25, 0.3) is 5.91 Å². The number of aliphatic carboxylic acids is 2. The second-order valence-corrected chi connectivity index (χ2v) is 6.77. The Morgan fingerprint density at radius 1 is 0.893 bits per heavy atom. The first-order valence-corrected chi connectivity index (χ1v) is 8.89. The van der Waals surface area contributed by atoms with Gasteiger partial charge in [0.1, 0.15) is 6.04 Å². The van der Waals surface area contributed by atoms with Crippen LogP contribution in [0.5, 0.6) is 0 Å². The van der Waals surface area contributed by atoms with Crippen LogP contribution >= 0.6 is 0 Å². The molecule has 0 bridgehead atoms. The van der Waals surface area contributed by atoms with Gasteiger partial charge in [0, 0.05) is 18.7 Å². The van der Waals surface area contributed by atoms with Gasteiger partial charge in [-0.3, -0.25) is 9.59 Å². The summed E-state index contributed by atoms with van der Waals surface area (Å²) < 4.78 is 0. The number of piperazine rings is 1. The van der Waals surface area contributed by atoms with Gasteiger partial charge in [-0.1, -0.05) is 42.5 Å². The summed E-state index contributed by atoms with van der Waals surface area (Å²) in [5.41, 5.74) is 0.333. The lowest BCUT2D eigenvalue weighted by atomic mass is 9.98. The Balaban J connectivity index is 1.74. The van der Waals surface area contributed by atoms with E-state index in [1.165, 1.54) is 0 Å². The van der Waals surface area contributed by atoms with Crippen molar-refractivity contribution in [2.45, 2.75) is 12.1 Å². The van der Waals surface area contributed by atoms with Gasteiger partial charge in [0.2, 0.25) is 0 Å². The Bertz CT molecular complexity index is 1110. The number of carboxylic acid groups (broad SMARTS) is 2. The molecule has 28 heavy (non-hydrogen) atoms. The molecule has 0 aliphatic carbocycles. The Morgan fingerprint density at radius 3 is 2.36 bits per heavy atom. The van der Waals surface area contributed by atoms with Crippen molar-refractivity contribution in [2.24, 2.45) is 0 Å². The fourth-order valence-electron chi connectivity index (χ4n) is 3.81. The highest BCUT2D eigenvalue weighted by atomic mass is 16.4. The Kier molecular flexibility index (Phi) is 4.44. The lowest BCUT2D eigenvalue weighted by Gasteiger charge is -2.37. The second-order valence-electron chi connectivity index (χ2n) is 6.77. The topological polar surface area (TPSA) is 107 Å². The minimum Gasteiger partial charge on any atom is -0.480 e. The van der Waals surface area contributed by atoms with Crippen LogP contribution in [0.1, 0.15) is 10.4 Å². The number of hydrogen-bond donors (Lipinski definition) is 3. The van der Waals surface area contributed by atoms with Crippen molar-refractivity contribution in [2.75, 3.05) is 13.1 Å². The first kappa shape index (κ1) is 17.9. The van der Waals surface area contributed by atoms with Crippen molar-refractivity contribution < 1.29 is 24.6 Å². The molecule has 3 N–H and O–H groups in total. The molecule has 7 heteroatoms. The third kappa shape index (κ3) is 2.95. The molecule has 1 amide bonds. The van der Waals surface area contributed by atoms with Gasteiger partial charge in [-0.05, 0) is 33.7 Å². The van der Waals surface area contributed by atoms with Gasteiger partial charge in [0.05, 0.1) is 0 Å². The zero-order chi connectivity index (χ0) is 19.8. The van der Waals surface area contributed by atoms with E-state index in [0.717, 1.165) is 26.4 Å². The highest BCUT2D eigenvalue weighted by Crippen LogP contribution is 2.27. The smallest absolute Gasteiger partial charge is 0.328 e. The summed E-state index contributed by atoms with van der Waals surface area (Å²) >= 11 is 0.